The molecule has 1 aliphatic heterocycles. The van der Waals surface area contributed by atoms with Crippen LogP contribution in [0.2, 0.25) is 0 Å². The lowest BCUT2D eigenvalue weighted by Crippen LogP contribution is -2.28. The highest BCUT2D eigenvalue weighted by Gasteiger charge is 2.25. The highest BCUT2D eigenvalue weighted by atomic mass is 16.2. The van der Waals surface area contributed by atoms with E-state index in [-0.39, 0.29) is 0 Å². The number of H-pyrrole nitrogens is 1. The van der Waals surface area contributed by atoms with Crippen LogP contribution in [-0.4, -0.2) is 28.9 Å². The van der Waals surface area contributed by atoms with Crippen LogP contribution >= 0.6 is 0 Å². The van der Waals surface area contributed by atoms with Crippen molar-refractivity contribution in [1.82, 2.24) is 9.88 Å². The zero-order valence-corrected chi connectivity index (χ0v) is 12.8. The second kappa shape index (κ2) is 6.33. The standard InChI is InChI=1S/C18H24N2O/c1-2-5-14-10-11-20(13-14)18(21)9-8-15-12-19-17-7-4-3-6-16(15)17/h3-4,6-7,12,14,19H,2,5,8-11,13H2,1H3. The summed E-state index contributed by atoms with van der Waals surface area (Å²) >= 11 is 0. The third-order valence-corrected chi connectivity index (χ3v) is 4.62. The smallest absolute Gasteiger partial charge is 0.222 e. The van der Waals surface area contributed by atoms with Crippen LogP contribution in [-0.2, 0) is 11.2 Å². The van der Waals surface area contributed by atoms with Crippen LogP contribution < -0.4 is 0 Å². The second-order valence-corrected chi connectivity index (χ2v) is 6.14. The number of benzene rings is 1. The number of carbonyl (C=O) groups is 1. The van der Waals surface area contributed by atoms with Gasteiger partial charge in [0.2, 0.25) is 5.91 Å². The number of likely N-dealkylation sites (tertiary alicyclic amines) is 1. The SMILES string of the molecule is CCCC1CCN(C(=O)CCc2c[nH]c3ccccc23)C1. The van der Waals surface area contributed by atoms with Gasteiger partial charge >= 0.3 is 0 Å². The van der Waals surface area contributed by atoms with Crippen LogP contribution in [0.15, 0.2) is 30.5 Å². The maximum absolute atomic E-state index is 12.3. The number of hydrogen-bond donors (Lipinski definition) is 1. The van der Waals surface area contributed by atoms with E-state index in [0.29, 0.717) is 12.3 Å². The predicted molar refractivity (Wildman–Crippen MR) is 86.2 cm³/mol. The van der Waals surface area contributed by atoms with Gasteiger partial charge in [0.05, 0.1) is 0 Å². The Balaban J connectivity index is 1.57. The van der Waals surface area contributed by atoms with Crippen LogP contribution in [0.4, 0.5) is 0 Å². The third kappa shape index (κ3) is 3.12. The third-order valence-electron chi connectivity index (χ3n) is 4.62. The Hall–Kier alpha value is -1.77. The molecule has 2 aromatic rings. The highest BCUT2D eigenvalue weighted by Crippen LogP contribution is 2.23. The number of para-hydroxylation sites is 1. The minimum Gasteiger partial charge on any atom is -0.361 e. The number of aromatic nitrogens is 1. The summed E-state index contributed by atoms with van der Waals surface area (Å²) in [5.74, 6) is 1.05. The van der Waals surface area contributed by atoms with E-state index < -0.39 is 0 Å². The largest absolute Gasteiger partial charge is 0.361 e. The molecule has 21 heavy (non-hydrogen) atoms. The van der Waals surface area contributed by atoms with Crippen molar-refractivity contribution in [2.75, 3.05) is 13.1 Å². The molecule has 1 aliphatic rings. The minimum atomic E-state index is 0.318. The maximum atomic E-state index is 12.3. The molecule has 0 bridgehead atoms. The fourth-order valence-electron chi connectivity index (χ4n) is 3.44. The summed E-state index contributed by atoms with van der Waals surface area (Å²) < 4.78 is 0. The summed E-state index contributed by atoms with van der Waals surface area (Å²) in [5, 5.41) is 1.25. The molecule has 2 heterocycles. The highest BCUT2D eigenvalue weighted by molar-refractivity contribution is 5.84. The van der Waals surface area contributed by atoms with Gasteiger partial charge in [-0.05, 0) is 36.8 Å². The van der Waals surface area contributed by atoms with Gasteiger partial charge in [-0.1, -0.05) is 31.5 Å². The lowest BCUT2D eigenvalue weighted by Gasteiger charge is -2.16. The number of carbonyl (C=O) groups excluding carboxylic acids is 1. The Labute approximate surface area is 126 Å². The van der Waals surface area contributed by atoms with Gasteiger partial charge in [0.1, 0.15) is 0 Å². The van der Waals surface area contributed by atoms with Gasteiger partial charge < -0.3 is 9.88 Å². The summed E-state index contributed by atoms with van der Waals surface area (Å²) in [7, 11) is 0. The molecule has 1 fully saturated rings. The first-order chi connectivity index (χ1) is 10.3. The Bertz CT molecular complexity index is 616. The van der Waals surface area contributed by atoms with Crippen molar-refractivity contribution in [3.05, 3.63) is 36.0 Å². The maximum Gasteiger partial charge on any atom is 0.222 e. The fraction of sp³-hybridized carbons (Fsp3) is 0.500. The second-order valence-electron chi connectivity index (χ2n) is 6.14. The van der Waals surface area contributed by atoms with Gasteiger partial charge in [-0.25, -0.2) is 0 Å². The Kier molecular flexibility index (Phi) is 4.28. The number of aryl methyl sites for hydroxylation is 1. The number of rotatable bonds is 5. The first-order valence-electron chi connectivity index (χ1n) is 8.10. The molecule has 1 unspecified atom stereocenters. The van der Waals surface area contributed by atoms with Crippen molar-refractivity contribution in [1.29, 1.82) is 0 Å². The predicted octanol–water partition coefficient (Wildman–Crippen LogP) is 3.75. The number of amides is 1. The van der Waals surface area contributed by atoms with E-state index in [0.717, 1.165) is 30.9 Å². The van der Waals surface area contributed by atoms with Crippen molar-refractivity contribution in [3.63, 3.8) is 0 Å². The van der Waals surface area contributed by atoms with E-state index in [9.17, 15) is 4.79 Å². The molecule has 1 amide bonds. The van der Waals surface area contributed by atoms with Crippen molar-refractivity contribution < 1.29 is 4.79 Å². The topological polar surface area (TPSA) is 36.1 Å². The average molecular weight is 284 g/mol. The molecule has 3 heteroatoms. The molecule has 1 aromatic carbocycles. The van der Waals surface area contributed by atoms with Crippen LogP contribution in [0.1, 0.15) is 38.2 Å². The number of hydrogen-bond acceptors (Lipinski definition) is 1. The van der Waals surface area contributed by atoms with Gasteiger partial charge in [0.25, 0.3) is 0 Å². The fourth-order valence-corrected chi connectivity index (χ4v) is 3.44. The van der Waals surface area contributed by atoms with Crippen molar-refractivity contribution in [2.45, 2.75) is 39.0 Å². The summed E-state index contributed by atoms with van der Waals surface area (Å²) in [5.41, 5.74) is 2.41. The quantitative estimate of drug-likeness (QED) is 0.892. The molecule has 0 aliphatic carbocycles. The van der Waals surface area contributed by atoms with Crippen LogP contribution in [0.5, 0.6) is 0 Å². The summed E-state index contributed by atoms with van der Waals surface area (Å²) in [4.78, 5) is 17.7. The van der Waals surface area contributed by atoms with E-state index in [1.807, 2.05) is 12.3 Å². The number of nitrogens with one attached hydrogen (secondary N) is 1. The van der Waals surface area contributed by atoms with Gasteiger partial charge in [0, 0.05) is 36.6 Å². The normalized spacial score (nSPS) is 18.5. The number of nitrogens with zero attached hydrogens (tertiary/aromatic N) is 1. The van der Waals surface area contributed by atoms with Crippen LogP contribution in [0.25, 0.3) is 10.9 Å². The molecule has 1 saturated heterocycles. The van der Waals surface area contributed by atoms with E-state index in [4.69, 9.17) is 0 Å². The lowest BCUT2D eigenvalue weighted by molar-refractivity contribution is -0.130. The summed E-state index contributed by atoms with van der Waals surface area (Å²) in [6.45, 7) is 4.15. The first-order valence-corrected chi connectivity index (χ1v) is 8.10. The molecule has 1 atom stereocenters. The molecule has 3 rings (SSSR count). The Morgan fingerprint density at radius 3 is 3.10 bits per heavy atom. The molecule has 0 spiro atoms. The monoisotopic (exact) mass is 284 g/mol. The van der Waals surface area contributed by atoms with E-state index in [2.05, 4.69) is 35.0 Å². The number of fused-ring (bicyclic) bond motifs is 1. The Morgan fingerprint density at radius 2 is 2.24 bits per heavy atom. The lowest BCUT2D eigenvalue weighted by atomic mass is 10.0. The first kappa shape index (κ1) is 14.2. The van der Waals surface area contributed by atoms with Gasteiger partial charge in [-0.2, -0.15) is 0 Å². The average Bonchev–Trinajstić information content (AvgIpc) is 3.12. The molecule has 0 saturated carbocycles. The molecule has 0 radical (unpaired) electrons. The van der Waals surface area contributed by atoms with Crippen molar-refractivity contribution in [3.8, 4) is 0 Å². The number of aromatic amines is 1. The van der Waals surface area contributed by atoms with Crippen LogP contribution in [0.3, 0.4) is 0 Å². The zero-order chi connectivity index (χ0) is 14.7. The molecular formula is C18H24N2O. The molecule has 1 N–H and O–H groups in total. The van der Waals surface area contributed by atoms with Crippen molar-refractivity contribution >= 4 is 16.8 Å². The van der Waals surface area contributed by atoms with Gasteiger partial charge in [0.15, 0.2) is 0 Å². The van der Waals surface area contributed by atoms with E-state index in [1.54, 1.807) is 0 Å². The zero-order valence-electron chi connectivity index (χ0n) is 12.8. The van der Waals surface area contributed by atoms with Crippen LogP contribution in [0, 0.1) is 5.92 Å². The van der Waals surface area contributed by atoms with Crippen molar-refractivity contribution in [2.24, 2.45) is 5.92 Å². The van der Waals surface area contributed by atoms with Gasteiger partial charge in [-0.15, -0.1) is 0 Å². The van der Waals surface area contributed by atoms with E-state index in [1.165, 1.54) is 30.2 Å². The Morgan fingerprint density at radius 1 is 1.38 bits per heavy atom. The van der Waals surface area contributed by atoms with Gasteiger partial charge in [-0.3, -0.25) is 4.79 Å². The summed E-state index contributed by atoms with van der Waals surface area (Å²) in [6.07, 6.45) is 7.17. The molecule has 112 valence electrons. The molecular weight excluding hydrogens is 260 g/mol. The molecule has 3 nitrogen and oxygen atoms in total. The van der Waals surface area contributed by atoms with E-state index >= 15 is 0 Å². The summed E-state index contributed by atoms with van der Waals surface area (Å²) in [6, 6.07) is 8.29. The molecule has 1 aromatic heterocycles. The minimum absolute atomic E-state index is 0.318.